The average molecular weight is 341 g/mol. The van der Waals surface area contributed by atoms with E-state index >= 15 is 0 Å². The maximum Gasteiger partial charge on any atom is 0.128 e. The summed E-state index contributed by atoms with van der Waals surface area (Å²) >= 11 is 0. The Labute approximate surface area is 144 Å². The fourth-order valence-electron chi connectivity index (χ4n) is 2.64. The van der Waals surface area contributed by atoms with Gasteiger partial charge in [0.15, 0.2) is 0 Å². The van der Waals surface area contributed by atoms with Crippen LogP contribution in [-0.2, 0) is 14.4 Å². The molecule has 0 saturated carbocycles. The fourth-order valence-corrected chi connectivity index (χ4v) is 5.50. The van der Waals surface area contributed by atoms with Crippen LogP contribution in [0.15, 0.2) is 81.6 Å². The molecule has 3 rings (SSSR count). The predicted octanol–water partition coefficient (Wildman–Crippen LogP) is 4.14. The van der Waals surface area contributed by atoms with Gasteiger partial charge < -0.3 is 14.2 Å². The Hall–Kier alpha value is -2.46. The summed E-state index contributed by atoms with van der Waals surface area (Å²) in [4.78, 5) is 2.49. The molecule has 0 amide bonds. The first-order chi connectivity index (χ1) is 11.7. The standard InChI is InChI=1S/C20H21O3S/c1-21-16-4-8-19(9-5-16)24(14-12-18(23-3)13-15-24)20-10-6-17(22-2)7-11-20/h4-15H,1-3H3/q+1. The molecule has 4 heteroatoms. The van der Waals surface area contributed by atoms with Gasteiger partial charge >= 0.3 is 0 Å². The van der Waals surface area contributed by atoms with Gasteiger partial charge in [-0.2, -0.15) is 0 Å². The lowest BCUT2D eigenvalue weighted by atomic mass is 10.3. The lowest BCUT2D eigenvalue weighted by Gasteiger charge is -2.19. The van der Waals surface area contributed by atoms with Crippen molar-refractivity contribution >= 4 is 15.0 Å². The van der Waals surface area contributed by atoms with E-state index < -0.39 is 9.62 Å². The van der Waals surface area contributed by atoms with E-state index in [9.17, 15) is 0 Å². The van der Waals surface area contributed by atoms with Gasteiger partial charge in [-0.15, -0.1) is 0 Å². The Morgan fingerprint density at radius 1 is 0.667 bits per heavy atom. The van der Waals surface area contributed by atoms with Crippen molar-refractivity contribution in [3.8, 4) is 11.5 Å². The van der Waals surface area contributed by atoms with Crippen LogP contribution in [0.25, 0.3) is 0 Å². The van der Waals surface area contributed by atoms with Crippen LogP contribution in [0.3, 0.4) is 0 Å². The topological polar surface area (TPSA) is 27.7 Å². The molecule has 24 heavy (non-hydrogen) atoms. The van der Waals surface area contributed by atoms with Crippen molar-refractivity contribution in [2.75, 3.05) is 21.3 Å². The van der Waals surface area contributed by atoms with Gasteiger partial charge in [0.25, 0.3) is 0 Å². The number of methoxy groups -OCH3 is 3. The molecular weight excluding hydrogens is 320 g/mol. The fraction of sp³-hybridized carbons (Fsp3) is 0.150. The molecular formula is C20H21O3S+. The van der Waals surface area contributed by atoms with Gasteiger partial charge in [-0.25, -0.2) is 0 Å². The third-order valence-corrected chi connectivity index (χ3v) is 7.26. The van der Waals surface area contributed by atoms with E-state index in [1.165, 1.54) is 9.79 Å². The van der Waals surface area contributed by atoms with E-state index in [2.05, 4.69) is 35.0 Å². The molecule has 0 N–H and O–H groups in total. The highest BCUT2D eigenvalue weighted by Gasteiger charge is 2.28. The van der Waals surface area contributed by atoms with Crippen LogP contribution in [0.2, 0.25) is 0 Å². The Kier molecular flexibility index (Phi) is 4.76. The van der Waals surface area contributed by atoms with E-state index in [1.54, 1.807) is 21.3 Å². The molecule has 2 aromatic rings. The minimum absolute atomic E-state index is 0.857. The van der Waals surface area contributed by atoms with E-state index in [-0.39, 0.29) is 0 Å². The molecule has 2 aromatic carbocycles. The van der Waals surface area contributed by atoms with E-state index in [4.69, 9.17) is 14.2 Å². The normalized spacial score (nSPS) is 15.2. The molecule has 0 unspecified atom stereocenters. The molecule has 3 nitrogen and oxygen atoms in total. The van der Waals surface area contributed by atoms with E-state index in [0.29, 0.717) is 0 Å². The van der Waals surface area contributed by atoms with Gasteiger partial charge in [-0.1, -0.05) is 0 Å². The van der Waals surface area contributed by atoms with Gasteiger partial charge in [0.2, 0.25) is 0 Å². The Morgan fingerprint density at radius 3 is 1.50 bits per heavy atom. The molecule has 1 aliphatic rings. The summed E-state index contributed by atoms with van der Waals surface area (Å²) in [7, 11) is 3.63. The van der Waals surface area contributed by atoms with Gasteiger partial charge in [0.05, 0.1) is 32.1 Å². The van der Waals surface area contributed by atoms with Gasteiger partial charge in [-0.3, -0.25) is 0 Å². The van der Waals surface area contributed by atoms with Crippen molar-refractivity contribution in [2.24, 2.45) is 0 Å². The van der Waals surface area contributed by atoms with Crippen LogP contribution in [0.1, 0.15) is 0 Å². The first-order valence-electron chi connectivity index (χ1n) is 7.60. The van der Waals surface area contributed by atoms with Crippen LogP contribution in [0.4, 0.5) is 0 Å². The molecule has 0 fully saturated rings. The second-order valence-corrected chi connectivity index (χ2v) is 8.18. The van der Waals surface area contributed by atoms with Crippen molar-refractivity contribution in [1.82, 2.24) is 0 Å². The summed E-state index contributed by atoms with van der Waals surface area (Å²) in [6.45, 7) is 0. The Bertz CT molecular complexity index is 763. The third kappa shape index (κ3) is 2.97. The highest BCUT2D eigenvalue weighted by Crippen LogP contribution is 2.35. The van der Waals surface area contributed by atoms with Crippen LogP contribution < -0.4 is 9.47 Å². The first kappa shape index (κ1) is 16.4. The highest BCUT2D eigenvalue weighted by molar-refractivity contribution is 8.15. The summed E-state index contributed by atoms with van der Waals surface area (Å²) in [5.74, 6) is 2.58. The molecule has 0 saturated heterocycles. The number of ether oxygens (including phenoxy) is 3. The van der Waals surface area contributed by atoms with Crippen LogP contribution in [-0.4, -0.2) is 26.7 Å². The van der Waals surface area contributed by atoms with Crippen LogP contribution >= 0.6 is 0 Å². The number of hydrogen-bond acceptors (Lipinski definition) is 3. The number of rotatable bonds is 5. The summed E-state index contributed by atoms with van der Waals surface area (Å²) in [6.07, 6.45) is 4.09. The number of hydrogen-bond donors (Lipinski definition) is 0. The molecule has 1 aliphatic heterocycles. The summed E-state index contributed by atoms with van der Waals surface area (Å²) in [6, 6.07) is 16.5. The summed E-state index contributed by atoms with van der Waals surface area (Å²) in [5, 5.41) is 4.49. The molecule has 0 spiro atoms. The zero-order valence-electron chi connectivity index (χ0n) is 14.1. The molecule has 0 aromatic heterocycles. The Balaban J connectivity index is 2.16. The Morgan fingerprint density at radius 2 is 1.17 bits per heavy atom. The van der Waals surface area contributed by atoms with Gasteiger partial charge in [0.1, 0.15) is 27.0 Å². The molecule has 124 valence electrons. The lowest BCUT2D eigenvalue weighted by molar-refractivity contribution is 0.307. The maximum atomic E-state index is 5.35. The quantitative estimate of drug-likeness (QED) is 0.604. The highest BCUT2D eigenvalue weighted by atomic mass is 32.2. The van der Waals surface area contributed by atoms with Crippen LogP contribution in [0, 0.1) is 0 Å². The van der Waals surface area contributed by atoms with Crippen molar-refractivity contribution in [3.05, 3.63) is 71.9 Å². The second-order valence-electron chi connectivity index (χ2n) is 5.27. The van der Waals surface area contributed by atoms with E-state index in [1.807, 2.05) is 36.4 Å². The first-order valence-corrected chi connectivity index (χ1v) is 9.36. The van der Waals surface area contributed by atoms with Crippen molar-refractivity contribution < 1.29 is 14.2 Å². The average Bonchev–Trinajstić information content (AvgIpc) is 2.68. The lowest BCUT2D eigenvalue weighted by Crippen LogP contribution is -2.15. The molecule has 0 radical (unpaired) electrons. The SMILES string of the molecule is COC1=CC=[S+](c2ccc(OC)cc2)(c2ccc(OC)cc2)C=C1. The zero-order chi connectivity index (χ0) is 17.0. The van der Waals surface area contributed by atoms with Crippen molar-refractivity contribution in [3.63, 3.8) is 0 Å². The van der Waals surface area contributed by atoms with E-state index in [0.717, 1.165) is 17.3 Å². The maximum absolute atomic E-state index is 5.35. The van der Waals surface area contributed by atoms with Crippen molar-refractivity contribution in [1.29, 1.82) is 0 Å². The van der Waals surface area contributed by atoms with Crippen molar-refractivity contribution in [2.45, 2.75) is 9.79 Å². The van der Waals surface area contributed by atoms with Gasteiger partial charge in [-0.05, 0) is 58.1 Å². The minimum Gasteiger partial charge on any atom is -0.497 e. The monoisotopic (exact) mass is 341 g/mol. The summed E-state index contributed by atoms with van der Waals surface area (Å²) < 4.78 is 15.9. The van der Waals surface area contributed by atoms with Gasteiger partial charge in [0, 0.05) is 12.2 Å². The number of benzene rings is 2. The second kappa shape index (κ2) is 6.97. The predicted molar refractivity (Wildman–Crippen MR) is 100 cm³/mol. The molecule has 0 bridgehead atoms. The molecule has 0 atom stereocenters. The smallest absolute Gasteiger partial charge is 0.128 e. The molecule has 1 heterocycles. The summed E-state index contributed by atoms with van der Waals surface area (Å²) in [5.41, 5.74) is 0. The number of allylic oxidation sites excluding steroid dienone is 2. The minimum atomic E-state index is -1.42. The third-order valence-electron chi connectivity index (χ3n) is 4.03. The zero-order valence-corrected chi connectivity index (χ0v) is 14.9. The largest absolute Gasteiger partial charge is 0.497 e. The molecule has 0 aliphatic carbocycles. The van der Waals surface area contributed by atoms with Crippen LogP contribution in [0.5, 0.6) is 11.5 Å².